The van der Waals surface area contributed by atoms with E-state index < -0.39 is 10.0 Å². The van der Waals surface area contributed by atoms with Crippen LogP contribution in [0, 0.1) is 0 Å². The van der Waals surface area contributed by atoms with Gasteiger partial charge in [0.05, 0.1) is 10.5 Å². The van der Waals surface area contributed by atoms with Crippen molar-refractivity contribution in [3.8, 4) is 17.1 Å². The molecule has 5 rings (SSSR count). The van der Waals surface area contributed by atoms with Gasteiger partial charge in [0.2, 0.25) is 21.9 Å². The molecule has 4 aromatic rings. The Morgan fingerprint density at radius 2 is 1.39 bits per heavy atom. The van der Waals surface area contributed by atoms with Crippen molar-refractivity contribution < 1.29 is 18.0 Å². The second kappa shape index (κ2) is 11.2. The Hall–Kier alpha value is -3.93. The van der Waals surface area contributed by atoms with Gasteiger partial charge in [-0.25, -0.2) is 23.4 Å². The van der Waals surface area contributed by atoms with E-state index in [1.165, 1.54) is 23.6 Å². The highest BCUT2D eigenvalue weighted by Crippen LogP contribution is 2.24. The summed E-state index contributed by atoms with van der Waals surface area (Å²) >= 11 is 0. The molecule has 0 bridgehead atoms. The van der Waals surface area contributed by atoms with Gasteiger partial charge in [0.25, 0.3) is 0 Å². The highest BCUT2D eigenvalue weighted by atomic mass is 35.5. The van der Waals surface area contributed by atoms with Crippen LogP contribution >= 0.6 is 12.4 Å². The molecule has 0 aliphatic carbocycles. The molecule has 0 spiro atoms. The summed E-state index contributed by atoms with van der Waals surface area (Å²) in [5, 5.41) is 0. The minimum Gasteiger partial charge on any atom is -0.340 e. The Balaban J connectivity index is 0.00000336. The molecule has 0 unspecified atom stereocenters. The number of hydrogen-bond acceptors (Lipinski definition) is 7. The van der Waals surface area contributed by atoms with Crippen molar-refractivity contribution in [2.75, 3.05) is 26.2 Å². The third kappa shape index (κ3) is 5.49. The van der Waals surface area contributed by atoms with E-state index in [1.807, 2.05) is 12.1 Å². The van der Waals surface area contributed by atoms with Crippen molar-refractivity contribution in [1.82, 2.24) is 28.7 Å². The van der Waals surface area contributed by atoms with Gasteiger partial charge < -0.3 is 4.90 Å². The number of sulfonamides is 1. The number of ketones is 1. The van der Waals surface area contributed by atoms with Gasteiger partial charge in [-0.2, -0.15) is 4.31 Å². The molecule has 10 nitrogen and oxygen atoms in total. The van der Waals surface area contributed by atoms with Crippen LogP contribution in [0.2, 0.25) is 0 Å². The SMILES string of the molecule is CC(=O)N1CCN(S(=O)(=O)c2ccc(-c3ccc(C(=O)c4cnc(-n5ccnc5)nc4)cc3)cc2)CC1.Cl. The summed E-state index contributed by atoms with van der Waals surface area (Å²) in [6.45, 7) is 2.81. The third-order valence-corrected chi connectivity index (χ3v) is 8.21. The molecule has 1 saturated heterocycles. The second-order valence-corrected chi connectivity index (χ2v) is 10.5. The molecule has 0 N–H and O–H groups in total. The molecule has 196 valence electrons. The number of carbonyl (C=O) groups excluding carboxylic acids is 2. The molecule has 3 heterocycles. The number of hydrogen-bond donors (Lipinski definition) is 0. The fourth-order valence-corrected chi connectivity index (χ4v) is 5.56. The predicted octanol–water partition coefficient (Wildman–Crippen LogP) is 2.83. The van der Waals surface area contributed by atoms with Gasteiger partial charge >= 0.3 is 0 Å². The molecule has 1 aliphatic rings. The lowest BCUT2D eigenvalue weighted by molar-refractivity contribution is -0.129. The molecule has 0 saturated carbocycles. The molecule has 1 fully saturated rings. The highest BCUT2D eigenvalue weighted by Gasteiger charge is 2.29. The summed E-state index contributed by atoms with van der Waals surface area (Å²) in [4.78, 5) is 38.6. The Morgan fingerprint density at radius 1 is 0.816 bits per heavy atom. The fourth-order valence-electron chi connectivity index (χ4n) is 4.14. The number of piperazine rings is 1. The second-order valence-electron chi connectivity index (χ2n) is 8.58. The predicted molar refractivity (Wildman–Crippen MR) is 143 cm³/mol. The van der Waals surface area contributed by atoms with Crippen molar-refractivity contribution >= 4 is 34.1 Å². The zero-order valence-corrected chi connectivity index (χ0v) is 22.1. The van der Waals surface area contributed by atoms with Crippen LogP contribution in [0.3, 0.4) is 0 Å². The van der Waals surface area contributed by atoms with Gasteiger partial charge in [-0.15, -0.1) is 12.4 Å². The van der Waals surface area contributed by atoms with E-state index >= 15 is 0 Å². The van der Waals surface area contributed by atoms with Crippen molar-refractivity contribution in [2.45, 2.75) is 11.8 Å². The average Bonchev–Trinajstić information content (AvgIpc) is 3.48. The number of rotatable bonds is 6. The number of amides is 1. The largest absolute Gasteiger partial charge is 0.340 e. The van der Waals surface area contributed by atoms with E-state index in [4.69, 9.17) is 0 Å². The molecular formula is C26H25ClN6O4S. The minimum atomic E-state index is -3.64. The van der Waals surface area contributed by atoms with Crippen LogP contribution in [0.1, 0.15) is 22.8 Å². The number of imidazole rings is 1. The summed E-state index contributed by atoms with van der Waals surface area (Å²) in [6.07, 6.45) is 7.88. The molecular weight excluding hydrogens is 528 g/mol. The van der Waals surface area contributed by atoms with Crippen LogP contribution in [-0.2, 0) is 14.8 Å². The van der Waals surface area contributed by atoms with Crippen molar-refractivity contribution in [3.63, 3.8) is 0 Å². The topological polar surface area (TPSA) is 118 Å². The number of halogens is 1. The van der Waals surface area contributed by atoms with Crippen LogP contribution in [-0.4, -0.2) is 75.0 Å². The molecule has 12 heteroatoms. The van der Waals surface area contributed by atoms with Crippen LogP contribution < -0.4 is 0 Å². The smallest absolute Gasteiger partial charge is 0.243 e. The monoisotopic (exact) mass is 552 g/mol. The first kappa shape index (κ1) is 27.1. The summed E-state index contributed by atoms with van der Waals surface area (Å²) in [6, 6.07) is 13.7. The van der Waals surface area contributed by atoms with Gasteiger partial charge in [-0.3, -0.25) is 14.2 Å². The number of nitrogens with zero attached hydrogens (tertiary/aromatic N) is 6. The van der Waals surface area contributed by atoms with Crippen molar-refractivity contribution in [1.29, 1.82) is 0 Å². The van der Waals surface area contributed by atoms with E-state index in [2.05, 4.69) is 15.0 Å². The van der Waals surface area contributed by atoms with Crippen molar-refractivity contribution in [3.05, 3.63) is 90.8 Å². The average molecular weight is 553 g/mol. The molecule has 2 aromatic heterocycles. The molecule has 1 amide bonds. The van der Waals surface area contributed by atoms with Crippen LogP contribution in [0.25, 0.3) is 17.1 Å². The van der Waals surface area contributed by atoms with E-state index in [-0.39, 0.29) is 42.1 Å². The number of carbonyl (C=O) groups is 2. The van der Waals surface area contributed by atoms with Crippen LogP contribution in [0.4, 0.5) is 0 Å². The van der Waals surface area contributed by atoms with Crippen LogP contribution in [0.15, 0.2) is 84.5 Å². The summed E-state index contributed by atoms with van der Waals surface area (Å²) in [7, 11) is -3.64. The van der Waals surface area contributed by atoms with Gasteiger partial charge in [-0.1, -0.05) is 36.4 Å². The lowest BCUT2D eigenvalue weighted by atomic mass is 10.0. The zero-order valence-electron chi connectivity index (χ0n) is 20.5. The van der Waals surface area contributed by atoms with E-state index in [0.29, 0.717) is 30.2 Å². The van der Waals surface area contributed by atoms with E-state index in [9.17, 15) is 18.0 Å². The molecule has 0 atom stereocenters. The van der Waals surface area contributed by atoms with Crippen LogP contribution in [0.5, 0.6) is 0 Å². The normalized spacial score (nSPS) is 14.1. The maximum absolute atomic E-state index is 13.0. The maximum Gasteiger partial charge on any atom is 0.243 e. The Kier molecular flexibility index (Phi) is 8.00. The Labute approximate surface area is 226 Å². The summed E-state index contributed by atoms with van der Waals surface area (Å²) in [5.41, 5.74) is 2.54. The highest BCUT2D eigenvalue weighted by molar-refractivity contribution is 7.89. The molecule has 38 heavy (non-hydrogen) atoms. The molecule has 2 aromatic carbocycles. The standard InChI is InChI=1S/C26H24N6O4S.ClH/c1-19(33)30-12-14-32(15-13-30)37(35,36)24-8-6-21(7-9-24)20-2-4-22(5-3-20)25(34)23-16-28-26(29-17-23)31-11-10-27-18-31;/h2-11,16-18H,12-15H2,1H3;1H. The Bertz CT molecular complexity index is 1520. The van der Waals surface area contributed by atoms with E-state index in [0.717, 1.165) is 11.1 Å². The quantitative estimate of drug-likeness (QED) is 0.337. The maximum atomic E-state index is 13.0. The Morgan fingerprint density at radius 3 is 1.92 bits per heavy atom. The van der Waals surface area contributed by atoms with Gasteiger partial charge in [0.1, 0.15) is 6.33 Å². The molecule has 1 aliphatic heterocycles. The molecule has 0 radical (unpaired) electrons. The lowest BCUT2D eigenvalue weighted by Gasteiger charge is -2.33. The van der Waals surface area contributed by atoms with Gasteiger partial charge in [-0.05, 0) is 23.3 Å². The zero-order chi connectivity index (χ0) is 26.0. The fraction of sp³-hybridized carbons (Fsp3) is 0.192. The number of aromatic nitrogens is 4. The first-order valence-electron chi connectivity index (χ1n) is 11.6. The summed E-state index contributed by atoms with van der Waals surface area (Å²) in [5.74, 6) is 0.175. The summed E-state index contributed by atoms with van der Waals surface area (Å²) < 4.78 is 29.1. The van der Waals surface area contributed by atoms with Crippen molar-refractivity contribution in [2.24, 2.45) is 0 Å². The first-order valence-corrected chi connectivity index (χ1v) is 13.1. The first-order chi connectivity index (χ1) is 17.8. The van der Waals surface area contributed by atoms with Gasteiger partial charge in [0, 0.05) is 63.5 Å². The minimum absolute atomic E-state index is 0. The number of benzene rings is 2. The third-order valence-electron chi connectivity index (χ3n) is 6.29. The lowest BCUT2D eigenvalue weighted by Crippen LogP contribution is -2.49. The van der Waals surface area contributed by atoms with E-state index in [1.54, 1.807) is 64.6 Å². The van der Waals surface area contributed by atoms with Gasteiger partial charge in [0.15, 0.2) is 5.78 Å².